The summed E-state index contributed by atoms with van der Waals surface area (Å²) in [5.74, 6) is 0.701. The van der Waals surface area contributed by atoms with E-state index in [2.05, 4.69) is 4.98 Å². The minimum atomic E-state index is -3.75. The number of halogens is 1. The minimum Gasteiger partial charge on any atom is -0.299 e. The van der Waals surface area contributed by atoms with E-state index in [4.69, 9.17) is 21.7 Å². The maximum atomic E-state index is 11.5. The number of hydrogen-bond donors (Lipinski definition) is 1. The van der Waals surface area contributed by atoms with Gasteiger partial charge in [0.15, 0.2) is 0 Å². The van der Waals surface area contributed by atoms with E-state index in [9.17, 15) is 8.42 Å². The standard InChI is InChI=1S/C20H15ClN4O2S/c21-16-3-1-15(2-4-16)20-24-19(14-9-11-23-12-10-14)13-25(20)17-5-7-18(8-6-17)28(22,26)27/h1-13H,(H2,22,26,27). The zero-order chi connectivity index (χ0) is 19.7. The summed E-state index contributed by atoms with van der Waals surface area (Å²) < 4.78 is 25.0. The molecule has 0 atom stereocenters. The van der Waals surface area contributed by atoms with Gasteiger partial charge >= 0.3 is 0 Å². The Morgan fingerprint density at radius 1 is 0.857 bits per heavy atom. The third-order valence-electron chi connectivity index (χ3n) is 4.23. The number of hydrogen-bond acceptors (Lipinski definition) is 4. The molecule has 0 saturated carbocycles. The number of sulfonamides is 1. The molecule has 0 amide bonds. The zero-order valence-electron chi connectivity index (χ0n) is 14.5. The molecule has 0 fully saturated rings. The molecular formula is C20H15ClN4O2S. The van der Waals surface area contributed by atoms with Crippen LogP contribution in [0.1, 0.15) is 0 Å². The summed E-state index contributed by atoms with van der Waals surface area (Å²) in [5, 5.41) is 5.83. The lowest BCUT2D eigenvalue weighted by atomic mass is 10.2. The average Bonchev–Trinajstić information content (AvgIpc) is 3.14. The van der Waals surface area contributed by atoms with Crippen molar-refractivity contribution in [2.24, 2.45) is 5.14 Å². The van der Waals surface area contributed by atoms with Gasteiger partial charge in [-0.2, -0.15) is 0 Å². The third-order valence-corrected chi connectivity index (χ3v) is 5.41. The van der Waals surface area contributed by atoms with Gasteiger partial charge in [0, 0.05) is 40.4 Å². The molecule has 4 rings (SSSR count). The van der Waals surface area contributed by atoms with Crippen molar-refractivity contribution in [3.8, 4) is 28.3 Å². The predicted octanol–water partition coefficient (Wildman–Crippen LogP) is 3.90. The van der Waals surface area contributed by atoms with E-state index >= 15 is 0 Å². The summed E-state index contributed by atoms with van der Waals surface area (Å²) in [6, 6.07) is 17.5. The van der Waals surface area contributed by atoms with Crippen LogP contribution in [0.25, 0.3) is 28.3 Å². The number of aromatic nitrogens is 3. The molecule has 0 spiro atoms. The number of pyridine rings is 1. The van der Waals surface area contributed by atoms with Crippen molar-refractivity contribution < 1.29 is 8.42 Å². The van der Waals surface area contributed by atoms with Crippen LogP contribution in [-0.4, -0.2) is 23.0 Å². The van der Waals surface area contributed by atoms with E-state index in [1.807, 2.05) is 35.0 Å². The van der Waals surface area contributed by atoms with Crippen molar-refractivity contribution in [2.75, 3.05) is 0 Å². The van der Waals surface area contributed by atoms with Gasteiger partial charge in [-0.05, 0) is 60.7 Å². The van der Waals surface area contributed by atoms with Crippen LogP contribution < -0.4 is 5.14 Å². The fraction of sp³-hybridized carbons (Fsp3) is 0. The lowest BCUT2D eigenvalue weighted by Gasteiger charge is -2.08. The van der Waals surface area contributed by atoms with Crippen molar-refractivity contribution in [1.29, 1.82) is 0 Å². The highest BCUT2D eigenvalue weighted by atomic mass is 35.5. The molecule has 2 N–H and O–H groups in total. The highest BCUT2D eigenvalue weighted by Gasteiger charge is 2.14. The van der Waals surface area contributed by atoms with Crippen LogP contribution in [-0.2, 0) is 10.0 Å². The van der Waals surface area contributed by atoms with Crippen molar-refractivity contribution in [2.45, 2.75) is 4.90 Å². The van der Waals surface area contributed by atoms with Crippen LogP contribution in [0, 0.1) is 0 Å². The van der Waals surface area contributed by atoms with Crippen LogP contribution in [0.5, 0.6) is 0 Å². The number of rotatable bonds is 4. The fourth-order valence-corrected chi connectivity index (χ4v) is 3.48. The first-order chi connectivity index (χ1) is 13.4. The molecule has 0 radical (unpaired) electrons. The van der Waals surface area contributed by atoms with Gasteiger partial charge in [-0.3, -0.25) is 9.55 Å². The molecule has 8 heteroatoms. The van der Waals surface area contributed by atoms with Crippen LogP contribution >= 0.6 is 11.6 Å². The van der Waals surface area contributed by atoms with E-state index in [0.717, 1.165) is 22.5 Å². The van der Waals surface area contributed by atoms with E-state index in [0.29, 0.717) is 10.8 Å². The monoisotopic (exact) mass is 410 g/mol. The highest BCUT2D eigenvalue weighted by Crippen LogP contribution is 2.28. The summed E-state index contributed by atoms with van der Waals surface area (Å²) in [6.07, 6.45) is 5.31. The number of nitrogens with two attached hydrogens (primary N) is 1. The van der Waals surface area contributed by atoms with Crippen LogP contribution in [0.2, 0.25) is 5.02 Å². The van der Waals surface area contributed by atoms with Crippen LogP contribution in [0.4, 0.5) is 0 Å². The number of primary sulfonamides is 1. The molecule has 140 valence electrons. The summed E-state index contributed by atoms with van der Waals surface area (Å²) in [5.41, 5.74) is 3.32. The second-order valence-corrected chi connectivity index (χ2v) is 8.10. The first-order valence-electron chi connectivity index (χ1n) is 8.31. The Morgan fingerprint density at radius 2 is 1.50 bits per heavy atom. The zero-order valence-corrected chi connectivity index (χ0v) is 16.1. The van der Waals surface area contributed by atoms with Crippen molar-refractivity contribution in [3.63, 3.8) is 0 Å². The first-order valence-corrected chi connectivity index (χ1v) is 10.2. The van der Waals surface area contributed by atoms with Gasteiger partial charge < -0.3 is 0 Å². The number of nitrogens with zero attached hydrogens (tertiary/aromatic N) is 3. The molecule has 4 aromatic rings. The van der Waals surface area contributed by atoms with Gasteiger partial charge in [0.2, 0.25) is 10.0 Å². The second kappa shape index (κ2) is 7.20. The smallest absolute Gasteiger partial charge is 0.238 e. The summed E-state index contributed by atoms with van der Waals surface area (Å²) >= 11 is 6.01. The Bertz CT molecular complexity index is 1220. The second-order valence-electron chi connectivity index (χ2n) is 6.10. The fourth-order valence-electron chi connectivity index (χ4n) is 2.84. The molecule has 0 aliphatic rings. The lowest BCUT2D eigenvalue weighted by Crippen LogP contribution is -2.12. The SMILES string of the molecule is NS(=O)(=O)c1ccc(-n2cc(-c3ccncc3)nc2-c2ccc(Cl)cc2)cc1. The Labute approximate surface area is 167 Å². The van der Waals surface area contributed by atoms with Gasteiger partial charge in [0.1, 0.15) is 5.82 Å². The maximum Gasteiger partial charge on any atom is 0.238 e. The Hall–Kier alpha value is -3.00. The molecule has 0 unspecified atom stereocenters. The quantitative estimate of drug-likeness (QED) is 0.552. The number of benzene rings is 2. The van der Waals surface area contributed by atoms with E-state index in [1.54, 1.807) is 36.7 Å². The van der Waals surface area contributed by atoms with Crippen LogP contribution in [0.15, 0.2) is 84.1 Å². The normalized spacial score (nSPS) is 11.5. The van der Waals surface area contributed by atoms with Gasteiger partial charge in [0.25, 0.3) is 0 Å². The summed E-state index contributed by atoms with van der Waals surface area (Å²) in [6.45, 7) is 0. The predicted molar refractivity (Wildman–Crippen MR) is 109 cm³/mol. The van der Waals surface area contributed by atoms with Crippen molar-refractivity contribution >= 4 is 21.6 Å². The van der Waals surface area contributed by atoms with Crippen molar-refractivity contribution in [3.05, 3.63) is 84.3 Å². The van der Waals surface area contributed by atoms with Gasteiger partial charge in [-0.15, -0.1) is 0 Å². The molecule has 0 saturated heterocycles. The third kappa shape index (κ3) is 3.68. The lowest BCUT2D eigenvalue weighted by molar-refractivity contribution is 0.598. The Kier molecular flexibility index (Phi) is 4.72. The molecule has 6 nitrogen and oxygen atoms in total. The van der Waals surface area contributed by atoms with Crippen molar-refractivity contribution in [1.82, 2.24) is 14.5 Å². The van der Waals surface area contributed by atoms with E-state index in [-0.39, 0.29) is 4.90 Å². The average molecular weight is 411 g/mol. The van der Waals surface area contributed by atoms with Gasteiger partial charge in [0.05, 0.1) is 10.6 Å². The molecule has 0 aliphatic heterocycles. The molecule has 28 heavy (non-hydrogen) atoms. The number of imidazole rings is 1. The molecule has 0 aliphatic carbocycles. The van der Waals surface area contributed by atoms with Gasteiger partial charge in [-0.1, -0.05) is 11.6 Å². The summed E-state index contributed by atoms with van der Waals surface area (Å²) in [7, 11) is -3.75. The highest BCUT2D eigenvalue weighted by molar-refractivity contribution is 7.89. The minimum absolute atomic E-state index is 0.0544. The van der Waals surface area contributed by atoms with Gasteiger partial charge in [-0.25, -0.2) is 18.5 Å². The largest absolute Gasteiger partial charge is 0.299 e. The van der Waals surface area contributed by atoms with E-state index in [1.165, 1.54) is 12.1 Å². The Balaban J connectivity index is 1.87. The first kappa shape index (κ1) is 18.4. The topological polar surface area (TPSA) is 90.9 Å². The Morgan fingerprint density at radius 3 is 2.11 bits per heavy atom. The molecule has 2 heterocycles. The molecular weight excluding hydrogens is 396 g/mol. The summed E-state index contributed by atoms with van der Waals surface area (Å²) in [4.78, 5) is 8.87. The maximum absolute atomic E-state index is 11.5. The molecule has 2 aromatic carbocycles. The molecule has 2 aromatic heterocycles. The van der Waals surface area contributed by atoms with Crippen LogP contribution in [0.3, 0.4) is 0 Å². The van der Waals surface area contributed by atoms with E-state index < -0.39 is 10.0 Å². The molecule has 0 bridgehead atoms.